The zero-order valence-electron chi connectivity index (χ0n) is 17.4. The number of hydrogen-bond donors (Lipinski definition) is 1. The smallest absolute Gasteiger partial charge is 0.195 e. The van der Waals surface area contributed by atoms with Crippen molar-refractivity contribution in [3.05, 3.63) is 59.2 Å². The van der Waals surface area contributed by atoms with Gasteiger partial charge in [0.25, 0.3) is 0 Å². The predicted octanol–water partition coefficient (Wildman–Crippen LogP) is 6.15. The number of unbranched alkanes of at least 4 members (excludes halogenated alkanes) is 1. The minimum atomic E-state index is 0.0570. The molecular weight excluding hydrogens is 368 g/mol. The molecule has 0 saturated carbocycles. The Kier molecular flexibility index (Phi) is 9.36. The minimum absolute atomic E-state index is 0.0570. The van der Waals surface area contributed by atoms with Crippen LogP contribution in [0, 0.1) is 0 Å². The maximum atomic E-state index is 13.2. The molecule has 2 rings (SSSR count). The largest absolute Gasteiger partial charge is 0.384 e. The van der Waals surface area contributed by atoms with Crippen LogP contribution in [-0.4, -0.2) is 31.3 Å². The fourth-order valence-electron chi connectivity index (χ4n) is 3.31. The first-order valence-corrected chi connectivity index (χ1v) is 11.0. The first-order valence-electron chi connectivity index (χ1n) is 10.5. The monoisotopic (exact) mass is 400 g/mol. The molecule has 0 spiro atoms. The standard InChI is InChI=1S/C24H33ClN2O/c1-4-7-9-19-10-12-20(13-11-19)24(28)22-15-14-21(27(5-2)6-3)18-23(22)26-17-8-16-25/h10-15,18,26H,4-9,16-17H2,1-3H3. The lowest BCUT2D eigenvalue weighted by Crippen LogP contribution is -2.22. The molecule has 0 amide bonds. The van der Waals surface area contributed by atoms with E-state index in [-0.39, 0.29) is 5.78 Å². The second-order valence-corrected chi connectivity index (χ2v) is 7.38. The minimum Gasteiger partial charge on any atom is -0.384 e. The second-order valence-electron chi connectivity index (χ2n) is 7.00. The van der Waals surface area contributed by atoms with Crippen LogP contribution in [0.5, 0.6) is 0 Å². The van der Waals surface area contributed by atoms with E-state index in [1.54, 1.807) is 0 Å². The Morgan fingerprint density at radius 3 is 2.32 bits per heavy atom. The molecule has 0 aliphatic carbocycles. The van der Waals surface area contributed by atoms with Crippen molar-refractivity contribution in [2.45, 2.75) is 46.5 Å². The lowest BCUT2D eigenvalue weighted by atomic mass is 9.98. The van der Waals surface area contributed by atoms with Crippen molar-refractivity contribution in [1.29, 1.82) is 0 Å². The molecule has 2 aromatic rings. The number of aryl methyl sites for hydroxylation is 1. The van der Waals surface area contributed by atoms with Crippen molar-refractivity contribution in [1.82, 2.24) is 0 Å². The second kappa shape index (κ2) is 11.8. The van der Waals surface area contributed by atoms with Gasteiger partial charge in [0.15, 0.2) is 5.78 Å². The van der Waals surface area contributed by atoms with Crippen LogP contribution in [0.2, 0.25) is 0 Å². The average Bonchev–Trinajstić information content (AvgIpc) is 2.73. The summed E-state index contributed by atoms with van der Waals surface area (Å²) in [5.74, 6) is 0.659. The Balaban J connectivity index is 2.29. The molecule has 2 aromatic carbocycles. The molecular formula is C24H33ClN2O. The zero-order chi connectivity index (χ0) is 20.4. The number of nitrogens with one attached hydrogen (secondary N) is 1. The highest BCUT2D eigenvalue weighted by Gasteiger charge is 2.15. The Morgan fingerprint density at radius 1 is 1.00 bits per heavy atom. The van der Waals surface area contributed by atoms with Gasteiger partial charge in [0.05, 0.1) is 0 Å². The van der Waals surface area contributed by atoms with Crippen LogP contribution in [-0.2, 0) is 6.42 Å². The Labute approximate surface area is 175 Å². The summed E-state index contributed by atoms with van der Waals surface area (Å²) < 4.78 is 0. The maximum Gasteiger partial charge on any atom is 0.195 e. The maximum absolute atomic E-state index is 13.2. The van der Waals surface area contributed by atoms with Gasteiger partial charge < -0.3 is 10.2 Å². The zero-order valence-corrected chi connectivity index (χ0v) is 18.2. The van der Waals surface area contributed by atoms with Crippen LogP contribution in [0.1, 0.15) is 61.5 Å². The first-order chi connectivity index (χ1) is 13.6. The summed E-state index contributed by atoms with van der Waals surface area (Å²) in [4.78, 5) is 15.4. The van der Waals surface area contributed by atoms with E-state index in [4.69, 9.17) is 11.6 Å². The number of nitrogens with zero attached hydrogens (tertiary/aromatic N) is 1. The van der Waals surface area contributed by atoms with E-state index in [0.29, 0.717) is 11.4 Å². The van der Waals surface area contributed by atoms with Gasteiger partial charge in [0.1, 0.15) is 0 Å². The van der Waals surface area contributed by atoms with E-state index in [1.165, 1.54) is 18.4 Å². The highest BCUT2D eigenvalue weighted by Crippen LogP contribution is 2.26. The third-order valence-corrected chi connectivity index (χ3v) is 5.30. The topological polar surface area (TPSA) is 32.3 Å². The average molecular weight is 401 g/mol. The SMILES string of the molecule is CCCCc1ccc(C(=O)c2ccc(N(CC)CC)cc2NCCCCl)cc1. The van der Waals surface area contributed by atoms with Gasteiger partial charge >= 0.3 is 0 Å². The van der Waals surface area contributed by atoms with Gasteiger partial charge in [-0.05, 0) is 56.9 Å². The van der Waals surface area contributed by atoms with Crippen LogP contribution >= 0.6 is 11.6 Å². The lowest BCUT2D eigenvalue weighted by molar-refractivity contribution is 0.103. The molecule has 28 heavy (non-hydrogen) atoms. The van der Waals surface area contributed by atoms with E-state index in [1.807, 2.05) is 24.3 Å². The summed E-state index contributed by atoms with van der Waals surface area (Å²) in [5, 5.41) is 3.42. The number of carbonyl (C=O) groups is 1. The van der Waals surface area contributed by atoms with Crippen molar-refractivity contribution >= 4 is 28.8 Å². The van der Waals surface area contributed by atoms with Crippen molar-refractivity contribution < 1.29 is 4.79 Å². The van der Waals surface area contributed by atoms with E-state index >= 15 is 0 Å². The molecule has 3 nitrogen and oxygen atoms in total. The van der Waals surface area contributed by atoms with E-state index in [9.17, 15) is 4.79 Å². The van der Waals surface area contributed by atoms with E-state index in [0.717, 1.165) is 49.4 Å². The van der Waals surface area contributed by atoms with Gasteiger partial charge in [0.2, 0.25) is 0 Å². The molecule has 152 valence electrons. The molecule has 0 aliphatic rings. The Morgan fingerprint density at radius 2 is 1.71 bits per heavy atom. The van der Waals surface area contributed by atoms with Crippen LogP contribution in [0.25, 0.3) is 0 Å². The number of benzene rings is 2. The third kappa shape index (κ3) is 6.00. The van der Waals surface area contributed by atoms with Gasteiger partial charge in [-0.2, -0.15) is 0 Å². The summed E-state index contributed by atoms with van der Waals surface area (Å²) in [6.45, 7) is 9.10. The molecule has 0 fully saturated rings. The quantitative estimate of drug-likeness (QED) is 0.263. The van der Waals surface area contributed by atoms with Gasteiger partial charge in [0, 0.05) is 48.0 Å². The van der Waals surface area contributed by atoms with Crippen molar-refractivity contribution in [2.24, 2.45) is 0 Å². The highest BCUT2D eigenvalue weighted by atomic mass is 35.5. The Bertz CT molecular complexity index is 739. The molecule has 0 heterocycles. The van der Waals surface area contributed by atoms with E-state index in [2.05, 4.69) is 49.2 Å². The molecule has 0 bridgehead atoms. The molecule has 0 aromatic heterocycles. The van der Waals surface area contributed by atoms with Gasteiger partial charge in [-0.1, -0.05) is 37.6 Å². The van der Waals surface area contributed by atoms with Gasteiger partial charge in [-0.3, -0.25) is 4.79 Å². The van der Waals surface area contributed by atoms with Crippen LogP contribution in [0.3, 0.4) is 0 Å². The number of alkyl halides is 1. The molecule has 4 heteroatoms. The van der Waals surface area contributed by atoms with Crippen LogP contribution < -0.4 is 10.2 Å². The number of ketones is 1. The molecule has 0 unspecified atom stereocenters. The van der Waals surface area contributed by atoms with E-state index < -0.39 is 0 Å². The van der Waals surface area contributed by atoms with Crippen molar-refractivity contribution in [3.63, 3.8) is 0 Å². The fourth-order valence-corrected chi connectivity index (χ4v) is 3.44. The van der Waals surface area contributed by atoms with Gasteiger partial charge in [-0.15, -0.1) is 11.6 Å². The summed E-state index contributed by atoms with van der Waals surface area (Å²) in [6.07, 6.45) is 4.28. The summed E-state index contributed by atoms with van der Waals surface area (Å²) in [7, 11) is 0. The molecule has 0 aliphatic heterocycles. The van der Waals surface area contributed by atoms with Gasteiger partial charge in [-0.25, -0.2) is 0 Å². The first kappa shape index (κ1) is 22.3. The van der Waals surface area contributed by atoms with Crippen LogP contribution in [0.15, 0.2) is 42.5 Å². The number of rotatable bonds is 12. The fraction of sp³-hybridized carbons (Fsp3) is 0.458. The van der Waals surface area contributed by atoms with Crippen molar-refractivity contribution in [2.75, 3.05) is 35.7 Å². The summed E-state index contributed by atoms with van der Waals surface area (Å²) in [5.41, 5.74) is 4.75. The third-order valence-electron chi connectivity index (χ3n) is 5.04. The number of carbonyl (C=O) groups excluding carboxylic acids is 1. The molecule has 0 radical (unpaired) electrons. The highest BCUT2D eigenvalue weighted by molar-refractivity contribution is 6.17. The molecule has 0 atom stereocenters. The summed E-state index contributed by atoms with van der Waals surface area (Å²) >= 11 is 5.83. The van der Waals surface area contributed by atoms with Crippen molar-refractivity contribution in [3.8, 4) is 0 Å². The Hall–Kier alpha value is -2.00. The number of hydrogen-bond acceptors (Lipinski definition) is 3. The van der Waals surface area contributed by atoms with Crippen LogP contribution in [0.4, 0.5) is 11.4 Å². The predicted molar refractivity (Wildman–Crippen MR) is 122 cm³/mol. The number of halogens is 1. The summed E-state index contributed by atoms with van der Waals surface area (Å²) in [6, 6.07) is 14.1. The number of anilines is 2. The normalized spacial score (nSPS) is 10.7. The lowest BCUT2D eigenvalue weighted by Gasteiger charge is -2.23. The molecule has 0 saturated heterocycles. The molecule has 1 N–H and O–H groups in total.